The first-order valence-electron chi connectivity index (χ1n) is 20.8. The smallest absolute Gasteiger partial charge is 0.317 e. The first kappa shape index (κ1) is 38.4. The Kier molecular flexibility index (Phi) is 10.6. The van der Waals surface area contributed by atoms with E-state index in [0.717, 1.165) is 90.2 Å². The van der Waals surface area contributed by atoms with Crippen LogP contribution < -0.4 is 10.6 Å². The summed E-state index contributed by atoms with van der Waals surface area (Å²) in [4.78, 5) is 78.2. The van der Waals surface area contributed by atoms with Crippen LogP contribution in [0.1, 0.15) is 102 Å². The molecule has 2 aromatic heterocycles. The van der Waals surface area contributed by atoms with Crippen LogP contribution >= 0.6 is 0 Å². The zero-order chi connectivity index (χ0) is 40.6. The van der Waals surface area contributed by atoms with Gasteiger partial charge in [-0.2, -0.15) is 0 Å². The Bertz CT molecular complexity index is 2420. The van der Waals surface area contributed by atoms with Crippen LogP contribution in [0.2, 0.25) is 0 Å². The van der Waals surface area contributed by atoms with Gasteiger partial charge in [0.15, 0.2) is 0 Å². The number of carbonyl (C=O) groups is 5. The number of amides is 6. The number of carbonyl (C=O) groups excluding carboxylic acids is 5. The number of rotatable bonds is 6. The molecule has 3 saturated heterocycles. The minimum absolute atomic E-state index is 0.0731. The Balaban J connectivity index is 0.812. The maximum Gasteiger partial charge on any atom is 0.317 e. The van der Waals surface area contributed by atoms with Crippen LogP contribution in [0, 0.1) is 11.8 Å². The molecule has 59 heavy (non-hydrogen) atoms. The summed E-state index contributed by atoms with van der Waals surface area (Å²) in [7, 11) is 0. The summed E-state index contributed by atoms with van der Waals surface area (Å²) in [5.74, 6) is 7.13. The molecular formula is C45H48N8O6. The molecule has 4 aromatic rings. The van der Waals surface area contributed by atoms with Crippen LogP contribution in [0.5, 0.6) is 0 Å². The summed E-state index contributed by atoms with van der Waals surface area (Å²) in [5, 5.41) is 6.39. The number of benzene rings is 2. The molecule has 1 atom stereocenters. The summed E-state index contributed by atoms with van der Waals surface area (Å²) in [6.45, 7) is 7.01. The molecule has 14 nitrogen and oxygen atoms in total. The lowest BCUT2D eigenvalue weighted by molar-refractivity contribution is -0.137. The van der Waals surface area contributed by atoms with E-state index in [2.05, 4.69) is 45.2 Å². The first-order valence-corrected chi connectivity index (χ1v) is 20.8. The van der Waals surface area contributed by atoms with Crippen molar-refractivity contribution < 1.29 is 28.7 Å². The lowest BCUT2D eigenvalue weighted by atomic mass is 9.88. The second-order valence-corrected chi connectivity index (χ2v) is 16.2. The third kappa shape index (κ3) is 7.55. The lowest BCUT2D eigenvalue weighted by Gasteiger charge is -2.32. The molecule has 2 N–H and O–H groups in total. The quantitative estimate of drug-likeness (QED) is 0.165. The number of nitrogens with zero attached hydrogens (tertiary/aromatic N) is 6. The van der Waals surface area contributed by atoms with Crippen LogP contribution in [0.3, 0.4) is 0 Å². The molecule has 0 aliphatic carbocycles. The molecule has 3 fully saturated rings. The number of imide groups is 1. The SMILES string of the molecule is CC(=O)N1CCn2c(C3CCOCC3)nc(-c3ccnc4cc(C5CCN(C(=O)NCCC#Cc6cccc7c6CN(C6CCC(=O)NC6=O)C7=O)CC5)ccc34)c2C1. The average molecular weight is 797 g/mol. The second-order valence-electron chi connectivity index (χ2n) is 16.2. The van der Waals surface area contributed by atoms with Gasteiger partial charge in [0.05, 0.1) is 23.4 Å². The lowest BCUT2D eigenvalue weighted by Crippen LogP contribution is -2.52. The standard InChI is InChI=1S/C45H48N8O6/c1-28(54)51-21-22-52-39(27-51)41(49-42(52)31-15-23-59-24-16-31)34-12-18-46-37-25-32(8-9-33(34)37)29-13-19-50(20-14-29)45(58)47-17-3-2-5-30-6-4-7-35-36(30)26-53(44(35)57)38-10-11-40(55)48-43(38)56/h4,6-9,12,18,25,29,31,38H,3,10-11,13-17,19-24,26-27H2,1H3,(H,47,58)(H,48,55,56). The van der Waals surface area contributed by atoms with Gasteiger partial charge in [0.1, 0.15) is 11.9 Å². The summed E-state index contributed by atoms with van der Waals surface area (Å²) >= 11 is 0. The van der Waals surface area contributed by atoms with Gasteiger partial charge in [-0.25, -0.2) is 9.78 Å². The molecule has 0 radical (unpaired) electrons. The summed E-state index contributed by atoms with van der Waals surface area (Å²) < 4.78 is 8.01. The minimum Gasteiger partial charge on any atom is -0.381 e. The number of nitrogens with one attached hydrogen (secondary N) is 2. The third-order valence-corrected chi connectivity index (χ3v) is 12.7. The molecule has 0 spiro atoms. The predicted octanol–water partition coefficient (Wildman–Crippen LogP) is 4.45. The number of hydrogen-bond acceptors (Lipinski definition) is 8. The maximum atomic E-state index is 13.1. The molecule has 7 heterocycles. The van der Waals surface area contributed by atoms with Crippen LogP contribution in [-0.4, -0.2) is 104 Å². The molecule has 5 aliphatic heterocycles. The van der Waals surface area contributed by atoms with Crippen molar-refractivity contribution in [2.75, 3.05) is 39.4 Å². The van der Waals surface area contributed by atoms with Crippen molar-refractivity contribution in [1.29, 1.82) is 0 Å². The van der Waals surface area contributed by atoms with Gasteiger partial charge in [-0.3, -0.25) is 29.5 Å². The third-order valence-electron chi connectivity index (χ3n) is 12.7. The van der Waals surface area contributed by atoms with E-state index in [4.69, 9.17) is 14.7 Å². The molecule has 304 valence electrons. The predicted molar refractivity (Wildman–Crippen MR) is 218 cm³/mol. The number of urea groups is 1. The van der Waals surface area contributed by atoms with Gasteiger partial charge < -0.3 is 29.3 Å². The molecule has 9 rings (SSSR count). The van der Waals surface area contributed by atoms with Gasteiger partial charge in [-0.1, -0.05) is 30.0 Å². The number of likely N-dealkylation sites (tertiary alicyclic amines) is 1. The number of aromatic nitrogens is 3. The van der Waals surface area contributed by atoms with E-state index in [1.54, 1.807) is 19.1 Å². The molecule has 0 bridgehead atoms. The normalized spacial score (nSPS) is 19.9. The topological polar surface area (TPSA) is 159 Å². The highest BCUT2D eigenvalue weighted by molar-refractivity contribution is 6.05. The Hall–Kier alpha value is -6.07. The number of pyridine rings is 1. The Morgan fingerprint density at radius 2 is 1.75 bits per heavy atom. The highest BCUT2D eigenvalue weighted by Crippen LogP contribution is 2.38. The van der Waals surface area contributed by atoms with Crippen molar-refractivity contribution in [3.8, 4) is 23.1 Å². The number of fused-ring (bicyclic) bond motifs is 3. The monoisotopic (exact) mass is 796 g/mol. The van der Waals surface area contributed by atoms with Crippen molar-refractivity contribution in [2.45, 2.75) is 89.4 Å². The van der Waals surface area contributed by atoms with E-state index in [1.165, 1.54) is 10.5 Å². The first-order chi connectivity index (χ1) is 28.7. The van der Waals surface area contributed by atoms with Crippen molar-refractivity contribution in [2.24, 2.45) is 0 Å². The number of imidazole rings is 1. The van der Waals surface area contributed by atoms with E-state index in [0.29, 0.717) is 63.0 Å². The maximum absolute atomic E-state index is 13.1. The average Bonchev–Trinajstić information content (AvgIpc) is 3.81. The number of hydrogen-bond donors (Lipinski definition) is 2. The molecule has 2 aromatic carbocycles. The number of piperidine rings is 2. The Labute approximate surface area is 342 Å². The Morgan fingerprint density at radius 3 is 2.54 bits per heavy atom. The van der Waals surface area contributed by atoms with Crippen LogP contribution in [-0.2, 0) is 38.8 Å². The van der Waals surface area contributed by atoms with Crippen molar-refractivity contribution in [1.82, 2.24) is 39.9 Å². The van der Waals surface area contributed by atoms with E-state index >= 15 is 0 Å². The van der Waals surface area contributed by atoms with Crippen LogP contribution in [0.25, 0.3) is 22.2 Å². The van der Waals surface area contributed by atoms with Gasteiger partial charge in [0.25, 0.3) is 5.91 Å². The van der Waals surface area contributed by atoms with Crippen molar-refractivity contribution in [3.05, 3.63) is 82.4 Å². The van der Waals surface area contributed by atoms with Gasteiger partial charge >= 0.3 is 6.03 Å². The summed E-state index contributed by atoms with van der Waals surface area (Å²) in [5.41, 5.74) is 7.20. The minimum atomic E-state index is -0.676. The largest absolute Gasteiger partial charge is 0.381 e. The van der Waals surface area contributed by atoms with Crippen molar-refractivity contribution in [3.63, 3.8) is 0 Å². The van der Waals surface area contributed by atoms with Crippen molar-refractivity contribution >= 4 is 40.6 Å². The molecule has 5 aliphatic rings. The fourth-order valence-corrected chi connectivity index (χ4v) is 9.39. The van der Waals surface area contributed by atoms with E-state index in [1.807, 2.05) is 28.1 Å². The fourth-order valence-electron chi connectivity index (χ4n) is 9.39. The molecule has 6 amide bonds. The van der Waals surface area contributed by atoms with E-state index < -0.39 is 11.9 Å². The highest BCUT2D eigenvalue weighted by atomic mass is 16.5. The van der Waals surface area contributed by atoms with Gasteiger partial charge in [0, 0.05) is 106 Å². The van der Waals surface area contributed by atoms with E-state index in [-0.39, 0.29) is 36.7 Å². The highest BCUT2D eigenvalue weighted by Gasteiger charge is 2.40. The van der Waals surface area contributed by atoms with Crippen LogP contribution in [0.4, 0.5) is 4.79 Å². The van der Waals surface area contributed by atoms with E-state index in [9.17, 15) is 24.0 Å². The molecule has 0 saturated carbocycles. The summed E-state index contributed by atoms with van der Waals surface area (Å²) in [6, 6.07) is 13.2. The second kappa shape index (κ2) is 16.3. The van der Waals surface area contributed by atoms with Gasteiger partial charge in [-0.15, -0.1) is 0 Å². The zero-order valence-electron chi connectivity index (χ0n) is 33.3. The molecular weight excluding hydrogens is 749 g/mol. The van der Waals surface area contributed by atoms with Gasteiger partial charge in [0.2, 0.25) is 17.7 Å². The fraction of sp³-hybridized carbons (Fsp3) is 0.444. The van der Waals surface area contributed by atoms with Gasteiger partial charge in [-0.05, 0) is 73.4 Å². The molecule has 1 unspecified atom stereocenters. The number of ether oxygens (including phenoxy) is 1. The zero-order valence-corrected chi connectivity index (χ0v) is 33.3. The summed E-state index contributed by atoms with van der Waals surface area (Å²) in [6.07, 6.45) is 6.38. The Morgan fingerprint density at radius 1 is 0.915 bits per heavy atom. The van der Waals surface area contributed by atoms with Crippen LogP contribution in [0.15, 0.2) is 48.7 Å². The molecule has 14 heteroatoms.